The third-order valence-electron chi connectivity index (χ3n) is 3.99. The van der Waals surface area contributed by atoms with Crippen LogP contribution in [0.25, 0.3) is 21.9 Å². The van der Waals surface area contributed by atoms with E-state index in [2.05, 4.69) is 25.1 Å². The molecule has 0 saturated heterocycles. The fourth-order valence-electron chi connectivity index (χ4n) is 2.63. The number of Topliss-reactive ketones (excluding diaryl/α,β-unsaturated/α-hetero) is 1. The van der Waals surface area contributed by atoms with Gasteiger partial charge in [-0.25, -0.2) is 0 Å². The van der Waals surface area contributed by atoms with E-state index < -0.39 is 0 Å². The van der Waals surface area contributed by atoms with Crippen molar-refractivity contribution in [3.63, 3.8) is 0 Å². The number of rotatable bonds is 1. The predicted octanol–water partition coefficient (Wildman–Crippen LogP) is 6.09. The Morgan fingerprint density at radius 2 is 1.38 bits per heavy atom. The van der Waals surface area contributed by atoms with Gasteiger partial charge in [0.1, 0.15) is 11.2 Å². The highest BCUT2D eigenvalue weighted by atomic mass is 16.3. The van der Waals surface area contributed by atoms with Crippen molar-refractivity contribution in [1.82, 2.24) is 0 Å². The minimum absolute atomic E-state index is 0.125. The first-order chi connectivity index (χ1) is 11.5. The molecule has 1 heterocycles. The Bertz CT molecular complexity index is 992. The molecule has 4 aromatic rings. The summed E-state index contributed by atoms with van der Waals surface area (Å²) < 4.78 is 5.71. The standard InChI is InChI=1S/C13H10O.C9H10O/c1-9-6-7-13-11(8-9)10-4-2-3-5-12(10)14-13;1-7-3-5-9(6-4-7)8(2)10/h2-8H,1H3;3-6H,1-2H3. The van der Waals surface area contributed by atoms with Gasteiger partial charge in [-0.05, 0) is 39.0 Å². The van der Waals surface area contributed by atoms with Crippen LogP contribution < -0.4 is 0 Å². The van der Waals surface area contributed by atoms with Crippen molar-refractivity contribution in [2.24, 2.45) is 0 Å². The lowest BCUT2D eigenvalue weighted by Crippen LogP contribution is -1.90. The van der Waals surface area contributed by atoms with Gasteiger partial charge in [-0.1, -0.05) is 59.7 Å². The summed E-state index contributed by atoms with van der Waals surface area (Å²) in [4.78, 5) is 10.8. The van der Waals surface area contributed by atoms with E-state index in [4.69, 9.17) is 4.42 Å². The largest absolute Gasteiger partial charge is 0.456 e. The second-order valence-corrected chi connectivity index (χ2v) is 6.02. The number of furan rings is 1. The topological polar surface area (TPSA) is 30.2 Å². The van der Waals surface area contributed by atoms with Crippen LogP contribution in [0.2, 0.25) is 0 Å². The third kappa shape index (κ3) is 3.38. The highest BCUT2D eigenvalue weighted by Crippen LogP contribution is 2.28. The van der Waals surface area contributed by atoms with Crippen molar-refractivity contribution in [2.75, 3.05) is 0 Å². The normalized spacial score (nSPS) is 10.5. The van der Waals surface area contributed by atoms with Gasteiger partial charge in [-0.15, -0.1) is 0 Å². The van der Waals surface area contributed by atoms with E-state index in [1.165, 1.54) is 21.9 Å². The van der Waals surface area contributed by atoms with Crippen LogP contribution in [0.5, 0.6) is 0 Å². The van der Waals surface area contributed by atoms with Crippen LogP contribution in [-0.4, -0.2) is 5.78 Å². The Morgan fingerprint density at radius 3 is 2.08 bits per heavy atom. The van der Waals surface area contributed by atoms with Crippen molar-refractivity contribution in [2.45, 2.75) is 20.8 Å². The molecule has 0 radical (unpaired) electrons. The van der Waals surface area contributed by atoms with Gasteiger partial charge in [0.05, 0.1) is 0 Å². The molecule has 120 valence electrons. The van der Waals surface area contributed by atoms with Gasteiger partial charge in [0.2, 0.25) is 0 Å². The number of hydrogen-bond acceptors (Lipinski definition) is 2. The van der Waals surface area contributed by atoms with Gasteiger partial charge >= 0.3 is 0 Å². The van der Waals surface area contributed by atoms with Crippen LogP contribution in [0, 0.1) is 13.8 Å². The van der Waals surface area contributed by atoms with Crippen LogP contribution in [0.4, 0.5) is 0 Å². The summed E-state index contributed by atoms with van der Waals surface area (Å²) in [5.41, 5.74) is 5.17. The van der Waals surface area contributed by atoms with Gasteiger partial charge < -0.3 is 4.42 Å². The molecule has 0 spiro atoms. The summed E-state index contributed by atoms with van der Waals surface area (Å²) in [6.45, 7) is 5.68. The first kappa shape index (κ1) is 16.0. The molecule has 24 heavy (non-hydrogen) atoms. The van der Waals surface area contributed by atoms with E-state index in [0.29, 0.717) is 0 Å². The second-order valence-electron chi connectivity index (χ2n) is 6.02. The molecule has 0 amide bonds. The van der Waals surface area contributed by atoms with Gasteiger partial charge in [-0.2, -0.15) is 0 Å². The Balaban J connectivity index is 0.000000150. The molecule has 1 aromatic heterocycles. The van der Waals surface area contributed by atoms with E-state index in [-0.39, 0.29) is 5.78 Å². The van der Waals surface area contributed by atoms with E-state index in [1.54, 1.807) is 6.92 Å². The SMILES string of the molecule is CC(=O)c1ccc(C)cc1.Cc1ccc2oc3ccccc3c2c1. The van der Waals surface area contributed by atoms with Gasteiger partial charge in [0.25, 0.3) is 0 Å². The molecule has 0 fully saturated rings. The number of hydrogen-bond donors (Lipinski definition) is 0. The van der Waals surface area contributed by atoms with Crippen LogP contribution in [0.15, 0.2) is 71.1 Å². The van der Waals surface area contributed by atoms with Gasteiger partial charge in [0, 0.05) is 16.3 Å². The summed E-state index contributed by atoms with van der Waals surface area (Å²) in [5.74, 6) is 0.125. The maximum absolute atomic E-state index is 10.8. The average Bonchev–Trinajstić information content (AvgIpc) is 2.94. The second kappa shape index (κ2) is 6.71. The maximum Gasteiger partial charge on any atom is 0.159 e. The summed E-state index contributed by atoms with van der Waals surface area (Å²) in [6, 6.07) is 22.0. The molecule has 0 aliphatic rings. The number of benzene rings is 3. The Labute approximate surface area is 141 Å². The molecule has 4 rings (SSSR count). The fraction of sp³-hybridized carbons (Fsp3) is 0.136. The molecule has 0 atom stereocenters. The maximum atomic E-state index is 10.8. The zero-order chi connectivity index (χ0) is 17.1. The molecular formula is C22H20O2. The van der Waals surface area contributed by atoms with E-state index in [1.807, 2.05) is 55.5 Å². The molecule has 2 nitrogen and oxygen atoms in total. The van der Waals surface area contributed by atoms with Crippen LogP contribution in [0.3, 0.4) is 0 Å². The highest BCUT2D eigenvalue weighted by Gasteiger charge is 2.04. The van der Waals surface area contributed by atoms with Crippen molar-refractivity contribution in [3.8, 4) is 0 Å². The van der Waals surface area contributed by atoms with Crippen LogP contribution >= 0.6 is 0 Å². The molecule has 0 saturated carbocycles. The third-order valence-corrected chi connectivity index (χ3v) is 3.99. The smallest absolute Gasteiger partial charge is 0.159 e. The van der Waals surface area contributed by atoms with E-state index >= 15 is 0 Å². The minimum Gasteiger partial charge on any atom is -0.456 e. The Hall–Kier alpha value is -2.87. The molecule has 2 heteroatoms. The summed E-state index contributed by atoms with van der Waals surface area (Å²) in [6.07, 6.45) is 0. The van der Waals surface area contributed by atoms with Crippen LogP contribution in [0.1, 0.15) is 28.4 Å². The monoisotopic (exact) mass is 316 g/mol. The number of ketones is 1. The average molecular weight is 316 g/mol. The Kier molecular flexibility index (Phi) is 4.48. The molecule has 0 unspecified atom stereocenters. The summed E-state index contributed by atoms with van der Waals surface area (Å²) in [7, 11) is 0. The lowest BCUT2D eigenvalue weighted by atomic mass is 10.1. The molecule has 0 N–H and O–H groups in total. The molecule has 3 aromatic carbocycles. The number of carbonyl (C=O) groups excluding carboxylic acids is 1. The van der Waals surface area contributed by atoms with E-state index in [0.717, 1.165) is 16.7 Å². The van der Waals surface area contributed by atoms with Gasteiger partial charge in [-0.3, -0.25) is 4.79 Å². The number of carbonyl (C=O) groups is 1. The zero-order valence-electron chi connectivity index (χ0n) is 14.2. The first-order valence-electron chi connectivity index (χ1n) is 8.00. The lowest BCUT2D eigenvalue weighted by Gasteiger charge is -1.93. The summed E-state index contributed by atoms with van der Waals surface area (Å²) in [5, 5.41) is 2.41. The van der Waals surface area contributed by atoms with Crippen LogP contribution in [-0.2, 0) is 0 Å². The molecule has 0 aliphatic heterocycles. The lowest BCUT2D eigenvalue weighted by molar-refractivity contribution is 0.101. The number of para-hydroxylation sites is 1. The number of aryl methyl sites for hydroxylation is 2. The quantitative estimate of drug-likeness (QED) is 0.398. The van der Waals surface area contributed by atoms with E-state index in [9.17, 15) is 4.79 Å². The molecular weight excluding hydrogens is 296 g/mol. The van der Waals surface area contributed by atoms with Crippen molar-refractivity contribution >= 4 is 27.7 Å². The predicted molar refractivity (Wildman–Crippen MR) is 99.6 cm³/mol. The zero-order valence-corrected chi connectivity index (χ0v) is 14.2. The Morgan fingerprint density at radius 1 is 0.750 bits per heavy atom. The molecule has 0 aliphatic carbocycles. The molecule has 0 bridgehead atoms. The fourth-order valence-corrected chi connectivity index (χ4v) is 2.63. The van der Waals surface area contributed by atoms with Crippen molar-refractivity contribution in [1.29, 1.82) is 0 Å². The first-order valence-corrected chi connectivity index (χ1v) is 8.00. The summed E-state index contributed by atoms with van der Waals surface area (Å²) >= 11 is 0. The number of fused-ring (bicyclic) bond motifs is 3. The van der Waals surface area contributed by atoms with Crippen molar-refractivity contribution in [3.05, 3.63) is 83.4 Å². The van der Waals surface area contributed by atoms with Gasteiger partial charge in [0.15, 0.2) is 5.78 Å². The highest BCUT2D eigenvalue weighted by molar-refractivity contribution is 6.04. The van der Waals surface area contributed by atoms with Crippen molar-refractivity contribution < 1.29 is 9.21 Å². The minimum atomic E-state index is 0.125.